The molecule has 1 aromatic rings. The lowest BCUT2D eigenvalue weighted by atomic mass is 9.99. The van der Waals surface area contributed by atoms with Gasteiger partial charge in [-0.25, -0.2) is 8.78 Å². The summed E-state index contributed by atoms with van der Waals surface area (Å²) in [5.41, 5.74) is 4.97. The van der Waals surface area contributed by atoms with E-state index < -0.39 is 23.1 Å². The average molecular weight is 270 g/mol. The number of hydrogen-bond donors (Lipinski definition) is 2. The third-order valence-corrected chi connectivity index (χ3v) is 3.01. The Morgan fingerprint density at radius 2 is 1.95 bits per heavy atom. The van der Waals surface area contributed by atoms with Crippen molar-refractivity contribution in [2.45, 2.75) is 26.2 Å². The Balaban J connectivity index is 2.64. The summed E-state index contributed by atoms with van der Waals surface area (Å²) in [5, 5.41) is 2.58. The molecule has 0 fully saturated rings. The smallest absolute Gasteiger partial charge is 0.257 e. The molecule has 1 amide bonds. The molecule has 0 aliphatic heterocycles. The summed E-state index contributed by atoms with van der Waals surface area (Å²) in [4.78, 5) is 11.8. The fourth-order valence-corrected chi connectivity index (χ4v) is 2.03. The van der Waals surface area contributed by atoms with E-state index in [4.69, 9.17) is 5.73 Å². The normalized spacial score (nSPS) is 12.2. The summed E-state index contributed by atoms with van der Waals surface area (Å²) < 4.78 is 26.8. The summed E-state index contributed by atoms with van der Waals surface area (Å²) in [6, 6.07) is 3.37. The van der Waals surface area contributed by atoms with Crippen LogP contribution in [0.2, 0.25) is 0 Å². The molecule has 0 radical (unpaired) electrons. The zero-order valence-corrected chi connectivity index (χ0v) is 11.1. The van der Waals surface area contributed by atoms with Crippen LogP contribution in [0.25, 0.3) is 0 Å². The largest absolute Gasteiger partial charge is 0.352 e. The summed E-state index contributed by atoms with van der Waals surface area (Å²) in [7, 11) is 0. The van der Waals surface area contributed by atoms with Crippen LogP contribution in [0.15, 0.2) is 18.2 Å². The van der Waals surface area contributed by atoms with Gasteiger partial charge in [0.1, 0.15) is 17.2 Å². The van der Waals surface area contributed by atoms with Crippen molar-refractivity contribution in [3.05, 3.63) is 35.4 Å². The van der Waals surface area contributed by atoms with Gasteiger partial charge in [-0.2, -0.15) is 0 Å². The monoisotopic (exact) mass is 270 g/mol. The predicted molar refractivity (Wildman–Crippen MR) is 70.8 cm³/mol. The minimum absolute atomic E-state index is 0.244. The fourth-order valence-electron chi connectivity index (χ4n) is 2.03. The Morgan fingerprint density at radius 3 is 2.47 bits per heavy atom. The molecule has 1 rings (SSSR count). The van der Waals surface area contributed by atoms with E-state index in [-0.39, 0.29) is 5.92 Å². The molecule has 106 valence electrons. The highest BCUT2D eigenvalue weighted by atomic mass is 19.1. The zero-order chi connectivity index (χ0) is 14.3. The molecule has 0 saturated heterocycles. The van der Waals surface area contributed by atoms with Gasteiger partial charge in [-0.1, -0.05) is 19.4 Å². The maximum absolute atomic E-state index is 13.4. The Hall–Kier alpha value is -1.49. The van der Waals surface area contributed by atoms with Crippen LogP contribution >= 0.6 is 0 Å². The third-order valence-electron chi connectivity index (χ3n) is 3.01. The van der Waals surface area contributed by atoms with Crippen LogP contribution in [0.4, 0.5) is 8.78 Å². The molecule has 1 atom stereocenters. The molecule has 19 heavy (non-hydrogen) atoms. The molecule has 0 aliphatic carbocycles. The maximum atomic E-state index is 13.4. The second kappa shape index (κ2) is 7.84. The van der Waals surface area contributed by atoms with Crippen LogP contribution in [0.1, 0.15) is 36.5 Å². The van der Waals surface area contributed by atoms with Crippen LogP contribution < -0.4 is 11.1 Å². The second-order valence-electron chi connectivity index (χ2n) is 4.54. The first kappa shape index (κ1) is 15.6. The number of nitrogens with one attached hydrogen (secondary N) is 1. The highest BCUT2D eigenvalue weighted by Crippen LogP contribution is 2.13. The summed E-state index contributed by atoms with van der Waals surface area (Å²) in [6.45, 7) is 2.97. The SMILES string of the molecule is CCCC(CCN)CNC(=O)c1c(F)cccc1F. The Kier molecular flexibility index (Phi) is 6.42. The minimum Gasteiger partial charge on any atom is -0.352 e. The number of hydrogen-bond acceptors (Lipinski definition) is 2. The highest BCUT2D eigenvalue weighted by molar-refractivity contribution is 5.94. The first-order valence-corrected chi connectivity index (χ1v) is 6.52. The van der Waals surface area contributed by atoms with Gasteiger partial charge in [-0.3, -0.25) is 4.79 Å². The summed E-state index contributed by atoms with van der Waals surface area (Å²) >= 11 is 0. The van der Waals surface area contributed by atoms with Crippen LogP contribution in [0.5, 0.6) is 0 Å². The van der Waals surface area contributed by atoms with Gasteiger partial charge in [0.15, 0.2) is 0 Å². The quantitative estimate of drug-likeness (QED) is 0.799. The standard InChI is InChI=1S/C14H20F2N2O/c1-2-4-10(7-8-17)9-18-14(19)13-11(15)5-3-6-12(13)16/h3,5-6,10H,2,4,7-9,17H2,1H3,(H,18,19). The van der Waals surface area contributed by atoms with Gasteiger partial charge in [-0.05, 0) is 37.4 Å². The Morgan fingerprint density at radius 1 is 1.32 bits per heavy atom. The van der Waals surface area contributed by atoms with Crippen LogP contribution in [-0.2, 0) is 0 Å². The van der Waals surface area contributed by atoms with E-state index in [1.807, 2.05) is 6.92 Å². The number of benzene rings is 1. The molecule has 0 aliphatic rings. The van der Waals surface area contributed by atoms with Gasteiger partial charge in [0.05, 0.1) is 0 Å². The van der Waals surface area contributed by atoms with E-state index in [0.717, 1.165) is 31.4 Å². The molecule has 0 saturated carbocycles. The van der Waals surface area contributed by atoms with Crippen molar-refractivity contribution in [2.24, 2.45) is 11.7 Å². The zero-order valence-electron chi connectivity index (χ0n) is 11.1. The van der Waals surface area contributed by atoms with Crippen molar-refractivity contribution >= 4 is 5.91 Å². The fraction of sp³-hybridized carbons (Fsp3) is 0.500. The van der Waals surface area contributed by atoms with Gasteiger partial charge in [0.2, 0.25) is 0 Å². The predicted octanol–water partition coefficient (Wildman–Crippen LogP) is 2.46. The number of rotatable bonds is 7. The average Bonchev–Trinajstić information content (AvgIpc) is 2.36. The summed E-state index contributed by atoms with van der Waals surface area (Å²) in [6.07, 6.45) is 2.69. The van der Waals surface area contributed by atoms with Gasteiger partial charge >= 0.3 is 0 Å². The van der Waals surface area contributed by atoms with E-state index in [1.54, 1.807) is 0 Å². The molecule has 0 bridgehead atoms. The lowest BCUT2D eigenvalue weighted by Gasteiger charge is -2.16. The number of nitrogens with two attached hydrogens (primary N) is 1. The van der Waals surface area contributed by atoms with Crippen LogP contribution in [0.3, 0.4) is 0 Å². The number of carbonyl (C=O) groups is 1. The number of halogens is 2. The molecule has 1 unspecified atom stereocenters. The number of carbonyl (C=O) groups excluding carboxylic acids is 1. The minimum atomic E-state index is -0.844. The van der Waals surface area contributed by atoms with E-state index >= 15 is 0 Å². The molecule has 0 heterocycles. The summed E-state index contributed by atoms with van der Waals surface area (Å²) in [5.74, 6) is -2.16. The van der Waals surface area contributed by atoms with E-state index in [0.29, 0.717) is 13.1 Å². The van der Waals surface area contributed by atoms with Crippen molar-refractivity contribution in [1.82, 2.24) is 5.32 Å². The highest BCUT2D eigenvalue weighted by Gasteiger charge is 2.17. The van der Waals surface area contributed by atoms with Gasteiger partial charge in [-0.15, -0.1) is 0 Å². The molecular formula is C14H20F2N2O. The van der Waals surface area contributed by atoms with Gasteiger partial charge < -0.3 is 11.1 Å². The van der Waals surface area contributed by atoms with Crippen molar-refractivity contribution in [3.63, 3.8) is 0 Å². The first-order chi connectivity index (χ1) is 9.10. The molecule has 3 nitrogen and oxygen atoms in total. The molecule has 3 N–H and O–H groups in total. The third kappa shape index (κ3) is 4.59. The molecule has 5 heteroatoms. The van der Waals surface area contributed by atoms with Crippen molar-refractivity contribution in [2.75, 3.05) is 13.1 Å². The van der Waals surface area contributed by atoms with Crippen LogP contribution in [0, 0.1) is 17.6 Å². The van der Waals surface area contributed by atoms with Crippen molar-refractivity contribution in [1.29, 1.82) is 0 Å². The molecule has 0 spiro atoms. The lowest BCUT2D eigenvalue weighted by molar-refractivity contribution is 0.0937. The Bertz CT molecular complexity index is 398. The molecular weight excluding hydrogens is 250 g/mol. The van der Waals surface area contributed by atoms with Crippen LogP contribution in [-0.4, -0.2) is 19.0 Å². The van der Waals surface area contributed by atoms with Crippen molar-refractivity contribution < 1.29 is 13.6 Å². The number of amides is 1. The van der Waals surface area contributed by atoms with E-state index in [9.17, 15) is 13.6 Å². The van der Waals surface area contributed by atoms with Crippen molar-refractivity contribution in [3.8, 4) is 0 Å². The maximum Gasteiger partial charge on any atom is 0.257 e. The second-order valence-corrected chi connectivity index (χ2v) is 4.54. The first-order valence-electron chi connectivity index (χ1n) is 6.52. The van der Waals surface area contributed by atoms with Gasteiger partial charge in [0, 0.05) is 6.54 Å². The Labute approximate surface area is 112 Å². The van der Waals surface area contributed by atoms with E-state index in [1.165, 1.54) is 6.07 Å². The van der Waals surface area contributed by atoms with E-state index in [2.05, 4.69) is 5.32 Å². The molecule has 0 aromatic heterocycles. The lowest BCUT2D eigenvalue weighted by Crippen LogP contribution is -2.31. The molecule has 1 aromatic carbocycles. The topological polar surface area (TPSA) is 55.1 Å². The van der Waals surface area contributed by atoms with Gasteiger partial charge in [0.25, 0.3) is 5.91 Å².